The zero-order valence-corrected chi connectivity index (χ0v) is 17.5. The van der Waals surface area contributed by atoms with Crippen LogP contribution in [-0.2, 0) is 0 Å². The van der Waals surface area contributed by atoms with Gasteiger partial charge in [0, 0.05) is 18.8 Å². The normalized spacial score (nSPS) is 26.5. The van der Waals surface area contributed by atoms with Crippen molar-refractivity contribution in [1.82, 2.24) is 9.58 Å². The van der Waals surface area contributed by atoms with Gasteiger partial charge in [-0.3, -0.25) is 19.3 Å². The molecule has 6 nitrogen and oxygen atoms in total. The van der Waals surface area contributed by atoms with Crippen molar-refractivity contribution in [1.29, 1.82) is 0 Å². The van der Waals surface area contributed by atoms with Crippen LogP contribution in [0.4, 0.5) is 13.2 Å². The summed E-state index contributed by atoms with van der Waals surface area (Å²) in [7, 11) is 0. The highest BCUT2D eigenvalue weighted by Gasteiger charge is 2.70. The minimum absolute atomic E-state index is 0.0850. The zero-order chi connectivity index (χ0) is 22.8. The lowest BCUT2D eigenvalue weighted by Crippen LogP contribution is -2.66. The molecule has 2 fully saturated rings. The minimum Gasteiger partial charge on any atom is -0.502 e. The lowest BCUT2D eigenvalue weighted by molar-refractivity contribution is -0.209. The van der Waals surface area contributed by atoms with Gasteiger partial charge in [-0.25, -0.2) is 0 Å². The number of nitrogens with zero attached hydrogens (tertiary/aromatic N) is 3. The van der Waals surface area contributed by atoms with Gasteiger partial charge in [0.05, 0.1) is 11.5 Å². The molecule has 0 bridgehead atoms. The van der Waals surface area contributed by atoms with E-state index in [-0.39, 0.29) is 18.5 Å². The summed E-state index contributed by atoms with van der Waals surface area (Å²) in [5, 5.41) is 12.2. The molecule has 3 unspecified atom stereocenters. The number of piperidine rings is 1. The predicted octanol–water partition coefficient (Wildman–Crippen LogP) is 3.79. The van der Waals surface area contributed by atoms with Crippen molar-refractivity contribution in [3.8, 4) is 5.75 Å². The first-order chi connectivity index (χ1) is 15.2. The van der Waals surface area contributed by atoms with Gasteiger partial charge in [0.15, 0.2) is 11.4 Å². The average molecular weight is 447 g/mol. The highest BCUT2D eigenvalue weighted by molar-refractivity contribution is 5.96. The van der Waals surface area contributed by atoms with Crippen molar-refractivity contribution in [2.45, 2.75) is 51.0 Å². The summed E-state index contributed by atoms with van der Waals surface area (Å²) in [6.45, 7) is 2.09. The fourth-order valence-corrected chi connectivity index (χ4v) is 5.71. The summed E-state index contributed by atoms with van der Waals surface area (Å²) in [4.78, 5) is 26.8. The molecule has 32 heavy (non-hydrogen) atoms. The molecule has 1 saturated heterocycles. The van der Waals surface area contributed by atoms with Crippen molar-refractivity contribution in [2.24, 2.45) is 11.3 Å². The SMILES string of the molecule is CCN1C(=O)c2c(O)c(=O)ccn2N2C(c3ccccc3)C(C3(C(F)(F)F)CC3)CCC12. The molecule has 0 spiro atoms. The van der Waals surface area contributed by atoms with Crippen molar-refractivity contribution in [3.05, 3.63) is 64.1 Å². The summed E-state index contributed by atoms with van der Waals surface area (Å²) >= 11 is 0. The predicted molar refractivity (Wildman–Crippen MR) is 111 cm³/mol. The Bertz CT molecular complexity index is 1110. The molecule has 1 aromatic heterocycles. The third kappa shape index (κ3) is 2.79. The molecule has 1 aromatic carbocycles. The van der Waals surface area contributed by atoms with E-state index in [1.54, 1.807) is 36.2 Å². The second kappa shape index (κ2) is 7.02. The number of carbonyl (C=O) groups excluding carboxylic acids is 1. The van der Waals surface area contributed by atoms with Gasteiger partial charge >= 0.3 is 6.18 Å². The summed E-state index contributed by atoms with van der Waals surface area (Å²) in [6, 6.07) is 9.47. The highest BCUT2D eigenvalue weighted by atomic mass is 19.4. The van der Waals surface area contributed by atoms with Gasteiger partial charge < -0.3 is 10.0 Å². The molecule has 1 saturated carbocycles. The number of hydrogen-bond donors (Lipinski definition) is 1. The van der Waals surface area contributed by atoms with Crippen LogP contribution in [0, 0.1) is 11.3 Å². The van der Waals surface area contributed by atoms with Crippen LogP contribution in [0.1, 0.15) is 54.7 Å². The number of amides is 1. The Morgan fingerprint density at radius 1 is 1.09 bits per heavy atom. The van der Waals surface area contributed by atoms with Crippen LogP contribution in [0.5, 0.6) is 5.75 Å². The van der Waals surface area contributed by atoms with Gasteiger partial charge in [-0.05, 0) is 44.1 Å². The van der Waals surface area contributed by atoms with Crippen LogP contribution in [0.15, 0.2) is 47.4 Å². The third-order valence-electron chi connectivity index (χ3n) is 7.38. The first-order valence-electron chi connectivity index (χ1n) is 10.9. The summed E-state index contributed by atoms with van der Waals surface area (Å²) in [5.74, 6) is -1.89. The second-order valence-corrected chi connectivity index (χ2v) is 8.87. The Morgan fingerprint density at radius 3 is 2.38 bits per heavy atom. The molecular weight excluding hydrogens is 423 g/mol. The topological polar surface area (TPSA) is 65.8 Å². The standard InChI is InChI=1S/C23H24F3N3O3/c1-2-27-17-9-8-15(22(11-12-22)23(24,25)26)18(14-6-4-3-5-7-14)29(17)28-13-10-16(30)20(31)19(28)21(27)32/h3-7,10,13,15,17-18,31H,2,8-9,11-12H2,1H3. The van der Waals surface area contributed by atoms with E-state index in [9.17, 15) is 27.9 Å². The number of alkyl halides is 3. The molecule has 3 heterocycles. The Kier molecular flexibility index (Phi) is 4.58. The third-order valence-corrected chi connectivity index (χ3v) is 7.38. The second-order valence-electron chi connectivity index (χ2n) is 8.87. The van der Waals surface area contributed by atoms with E-state index in [0.717, 1.165) is 6.07 Å². The van der Waals surface area contributed by atoms with E-state index >= 15 is 0 Å². The van der Waals surface area contributed by atoms with E-state index in [1.807, 2.05) is 6.07 Å². The molecule has 5 rings (SSSR count). The molecule has 9 heteroatoms. The number of hydrogen-bond acceptors (Lipinski definition) is 4. The minimum atomic E-state index is -4.33. The van der Waals surface area contributed by atoms with Crippen molar-refractivity contribution in [2.75, 3.05) is 11.6 Å². The number of aromatic hydroxyl groups is 1. The summed E-state index contributed by atoms with van der Waals surface area (Å²) < 4.78 is 44.1. The summed E-state index contributed by atoms with van der Waals surface area (Å²) in [5.41, 5.74) is -1.95. The van der Waals surface area contributed by atoms with Crippen LogP contribution in [-0.4, -0.2) is 39.5 Å². The molecule has 3 atom stereocenters. The smallest absolute Gasteiger partial charge is 0.394 e. The van der Waals surface area contributed by atoms with E-state index in [2.05, 4.69) is 0 Å². The van der Waals surface area contributed by atoms with Gasteiger partial charge in [-0.2, -0.15) is 13.2 Å². The Labute approximate surface area is 182 Å². The van der Waals surface area contributed by atoms with Crippen LogP contribution in [0.2, 0.25) is 0 Å². The van der Waals surface area contributed by atoms with Gasteiger partial charge in [-0.15, -0.1) is 0 Å². The van der Waals surface area contributed by atoms with Crippen LogP contribution >= 0.6 is 0 Å². The van der Waals surface area contributed by atoms with Crippen LogP contribution < -0.4 is 10.4 Å². The molecule has 2 aromatic rings. The lowest BCUT2D eigenvalue weighted by Gasteiger charge is -2.56. The fraction of sp³-hybridized carbons (Fsp3) is 0.478. The number of benzene rings is 1. The first kappa shape index (κ1) is 20.9. The lowest BCUT2D eigenvalue weighted by atomic mass is 9.73. The maximum Gasteiger partial charge on any atom is 0.394 e. The van der Waals surface area contributed by atoms with Gasteiger partial charge in [-0.1, -0.05) is 30.3 Å². The van der Waals surface area contributed by atoms with E-state index in [0.29, 0.717) is 24.9 Å². The molecule has 3 aliphatic rings. The molecule has 0 radical (unpaired) electrons. The molecular formula is C23H24F3N3O3. The number of aromatic nitrogens is 1. The van der Waals surface area contributed by atoms with Crippen molar-refractivity contribution < 1.29 is 23.1 Å². The van der Waals surface area contributed by atoms with E-state index in [4.69, 9.17) is 0 Å². The molecule has 2 aliphatic heterocycles. The van der Waals surface area contributed by atoms with E-state index < -0.39 is 46.8 Å². The largest absolute Gasteiger partial charge is 0.502 e. The Morgan fingerprint density at radius 2 is 1.78 bits per heavy atom. The molecule has 1 aliphatic carbocycles. The van der Waals surface area contributed by atoms with Crippen LogP contribution in [0.25, 0.3) is 0 Å². The van der Waals surface area contributed by atoms with Gasteiger partial charge in [0.2, 0.25) is 5.43 Å². The number of carbonyl (C=O) groups is 1. The number of halogens is 3. The zero-order valence-electron chi connectivity index (χ0n) is 17.5. The quantitative estimate of drug-likeness (QED) is 0.778. The molecule has 1 N–H and O–H groups in total. The Hall–Kier alpha value is -2.97. The average Bonchev–Trinajstić information content (AvgIpc) is 3.58. The molecule has 1 amide bonds. The monoisotopic (exact) mass is 447 g/mol. The van der Waals surface area contributed by atoms with Gasteiger partial charge in [0.1, 0.15) is 6.17 Å². The first-order valence-corrected chi connectivity index (χ1v) is 10.9. The van der Waals surface area contributed by atoms with Crippen molar-refractivity contribution in [3.63, 3.8) is 0 Å². The number of pyridine rings is 1. The maximum atomic E-state index is 14.2. The van der Waals surface area contributed by atoms with E-state index in [1.165, 1.54) is 15.8 Å². The fourth-order valence-electron chi connectivity index (χ4n) is 5.71. The van der Waals surface area contributed by atoms with Crippen molar-refractivity contribution >= 4 is 5.91 Å². The Balaban J connectivity index is 1.74. The van der Waals surface area contributed by atoms with Gasteiger partial charge in [0.25, 0.3) is 5.91 Å². The number of fused-ring (bicyclic) bond motifs is 3. The number of rotatable bonds is 3. The summed E-state index contributed by atoms with van der Waals surface area (Å²) in [6.07, 6.45) is -2.55. The maximum absolute atomic E-state index is 14.2. The highest BCUT2D eigenvalue weighted by Crippen LogP contribution is 2.67. The molecule has 170 valence electrons. The van der Waals surface area contributed by atoms with Crippen LogP contribution in [0.3, 0.4) is 0 Å².